The van der Waals surface area contributed by atoms with Crippen molar-refractivity contribution < 1.29 is 0 Å². The van der Waals surface area contributed by atoms with Crippen molar-refractivity contribution in [1.29, 1.82) is 0 Å². The molecule has 0 fully saturated rings. The van der Waals surface area contributed by atoms with Gasteiger partial charge in [0, 0.05) is 22.7 Å². The molecule has 5 heteroatoms. The average molecular weight is 327 g/mol. The van der Waals surface area contributed by atoms with E-state index in [1.807, 2.05) is 30.3 Å². The van der Waals surface area contributed by atoms with Crippen molar-refractivity contribution in [2.24, 2.45) is 0 Å². The van der Waals surface area contributed by atoms with Crippen molar-refractivity contribution in [3.05, 3.63) is 45.8 Å². The Morgan fingerprint density at radius 2 is 1.83 bits per heavy atom. The van der Waals surface area contributed by atoms with E-state index in [4.69, 9.17) is 11.6 Å². The predicted molar refractivity (Wildman–Crippen MR) is 78.6 cm³/mol. The molecule has 0 amide bonds. The Morgan fingerprint density at radius 1 is 1.17 bits per heavy atom. The quantitative estimate of drug-likeness (QED) is 0.826. The first-order chi connectivity index (χ1) is 8.54. The number of halogens is 2. The summed E-state index contributed by atoms with van der Waals surface area (Å²) >= 11 is 9.24. The van der Waals surface area contributed by atoms with Crippen LogP contribution in [0.25, 0.3) is 0 Å². The minimum Gasteiger partial charge on any atom is -0.340 e. The maximum Gasteiger partial charge on any atom is 0.135 e. The highest BCUT2D eigenvalue weighted by molar-refractivity contribution is 9.10. The Morgan fingerprint density at radius 3 is 2.44 bits per heavy atom. The summed E-state index contributed by atoms with van der Waals surface area (Å²) in [6, 6.07) is 9.34. The molecule has 3 nitrogen and oxygen atoms in total. The van der Waals surface area contributed by atoms with Crippen LogP contribution in [0.4, 0.5) is 11.5 Å². The Balaban J connectivity index is 2.26. The standard InChI is InChI=1S/C13H13BrClN3/c1-8(2)13-17-11(14)7-12(18-13)16-10-5-3-9(15)4-6-10/h3-8H,1-2H3,(H,16,17,18). The van der Waals surface area contributed by atoms with Gasteiger partial charge in [0.2, 0.25) is 0 Å². The van der Waals surface area contributed by atoms with E-state index in [1.54, 1.807) is 0 Å². The van der Waals surface area contributed by atoms with Gasteiger partial charge in [-0.2, -0.15) is 0 Å². The molecule has 0 atom stereocenters. The smallest absolute Gasteiger partial charge is 0.135 e. The van der Waals surface area contributed by atoms with Gasteiger partial charge in [0.25, 0.3) is 0 Å². The minimum absolute atomic E-state index is 0.285. The highest BCUT2D eigenvalue weighted by Crippen LogP contribution is 2.21. The summed E-state index contributed by atoms with van der Waals surface area (Å²) in [5.41, 5.74) is 0.944. The van der Waals surface area contributed by atoms with E-state index in [-0.39, 0.29) is 5.92 Å². The summed E-state index contributed by atoms with van der Waals surface area (Å²) in [5, 5.41) is 3.94. The number of anilines is 2. The second-order valence-electron chi connectivity index (χ2n) is 4.22. The van der Waals surface area contributed by atoms with Gasteiger partial charge >= 0.3 is 0 Å². The summed E-state index contributed by atoms with van der Waals surface area (Å²) in [6.07, 6.45) is 0. The van der Waals surface area contributed by atoms with Crippen LogP contribution in [0.1, 0.15) is 25.6 Å². The van der Waals surface area contributed by atoms with E-state index in [1.165, 1.54) is 0 Å². The molecule has 18 heavy (non-hydrogen) atoms. The van der Waals surface area contributed by atoms with Crippen molar-refractivity contribution in [3.63, 3.8) is 0 Å². The minimum atomic E-state index is 0.285. The first kappa shape index (κ1) is 13.3. The maximum atomic E-state index is 5.85. The average Bonchev–Trinajstić information content (AvgIpc) is 2.31. The fraction of sp³-hybridized carbons (Fsp3) is 0.231. The van der Waals surface area contributed by atoms with Gasteiger partial charge in [0.05, 0.1) is 0 Å². The van der Waals surface area contributed by atoms with E-state index in [0.717, 1.165) is 21.9 Å². The number of rotatable bonds is 3. The van der Waals surface area contributed by atoms with Gasteiger partial charge in [-0.1, -0.05) is 25.4 Å². The zero-order valence-corrected chi connectivity index (χ0v) is 12.5. The van der Waals surface area contributed by atoms with Gasteiger partial charge in [0.15, 0.2) is 0 Å². The fourth-order valence-corrected chi connectivity index (χ4v) is 1.96. The van der Waals surface area contributed by atoms with Crippen LogP contribution in [0.2, 0.25) is 5.02 Å². The zero-order chi connectivity index (χ0) is 13.1. The van der Waals surface area contributed by atoms with Gasteiger partial charge in [-0.15, -0.1) is 0 Å². The molecular formula is C13H13BrClN3. The van der Waals surface area contributed by atoms with E-state index in [2.05, 4.69) is 45.1 Å². The Labute approximate surface area is 120 Å². The molecule has 1 N–H and O–H groups in total. The molecule has 0 aliphatic rings. The molecule has 2 aromatic rings. The highest BCUT2D eigenvalue weighted by atomic mass is 79.9. The molecule has 0 saturated carbocycles. The number of benzene rings is 1. The van der Waals surface area contributed by atoms with Crippen LogP contribution >= 0.6 is 27.5 Å². The van der Waals surface area contributed by atoms with Crippen LogP contribution in [0, 0.1) is 0 Å². The van der Waals surface area contributed by atoms with E-state index < -0.39 is 0 Å². The summed E-state index contributed by atoms with van der Waals surface area (Å²) in [6.45, 7) is 4.13. The van der Waals surface area contributed by atoms with Crippen molar-refractivity contribution in [2.45, 2.75) is 19.8 Å². The summed E-state index contributed by atoms with van der Waals surface area (Å²) in [4.78, 5) is 8.80. The van der Waals surface area contributed by atoms with Gasteiger partial charge in [0.1, 0.15) is 16.2 Å². The molecule has 0 saturated heterocycles. The van der Waals surface area contributed by atoms with Crippen LogP contribution in [0.3, 0.4) is 0 Å². The third kappa shape index (κ3) is 3.43. The lowest BCUT2D eigenvalue weighted by Gasteiger charge is -2.09. The molecule has 1 heterocycles. The molecule has 94 valence electrons. The van der Waals surface area contributed by atoms with Gasteiger partial charge in [-0.3, -0.25) is 0 Å². The zero-order valence-electron chi connectivity index (χ0n) is 10.1. The summed E-state index contributed by atoms with van der Waals surface area (Å²) < 4.78 is 0.776. The topological polar surface area (TPSA) is 37.8 Å². The number of hydrogen-bond acceptors (Lipinski definition) is 3. The van der Waals surface area contributed by atoms with Crippen molar-refractivity contribution in [3.8, 4) is 0 Å². The van der Waals surface area contributed by atoms with E-state index in [9.17, 15) is 0 Å². The Hall–Kier alpha value is -1.13. The van der Waals surface area contributed by atoms with Crippen molar-refractivity contribution in [2.75, 3.05) is 5.32 Å². The number of nitrogens with one attached hydrogen (secondary N) is 1. The van der Waals surface area contributed by atoms with Crippen LogP contribution in [0.15, 0.2) is 34.9 Å². The third-order valence-corrected chi connectivity index (χ3v) is 3.00. The Bertz CT molecular complexity index is 540. The molecule has 0 aliphatic heterocycles. The molecule has 0 unspecified atom stereocenters. The number of hydrogen-bond donors (Lipinski definition) is 1. The van der Waals surface area contributed by atoms with Gasteiger partial charge in [-0.05, 0) is 40.2 Å². The molecule has 1 aromatic carbocycles. The number of nitrogens with zero attached hydrogens (tertiary/aromatic N) is 2. The van der Waals surface area contributed by atoms with Crippen LogP contribution in [0.5, 0.6) is 0 Å². The van der Waals surface area contributed by atoms with Crippen LogP contribution in [-0.4, -0.2) is 9.97 Å². The van der Waals surface area contributed by atoms with Gasteiger partial charge < -0.3 is 5.32 Å². The molecule has 2 rings (SSSR count). The molecular weight excluding hydrogens is 314 g/mol. The highest BCUT2D eigenvalue weighted by Gasteiger charge is 2.07. The van der Waals surface area contributed by atoms with Gasteiger partial charge in [-0.25, -0.2) is 9.97 Å². The number of aromatic nitrogens is 2. The lowest BCUT2D eigenvalue weighted by molar-refractivity contribution is 0.771. The second-order valence-corrected chi connectivity index (χ2v) is 5.47. The monoisotopic (exact) mass is 325 g/mol. The Kier molecular flexibility index (Phi) is 4.19. The first-order valence-corrected chi connectivity index (χ1v) is 6.79. The predicted octanol–water partition coefficient (Wildman–Crippen LogP) is 4.76. The second kappa shape index (κ2) is 5.67. The van der Waals surface area contributed by atoms with Crippen molar-refractivity contribution in [1.82, 2.24) is 9.97 Å². The fourth-order valence-electron chi connectivity index (χ4n) is 1.44. The van der Waals surface area contributed by atoms with Crippen LogP contribution < -0.4 is 5.32 Å². The summed E-state index contributed by atoms with van der Waals surface area (Å²) in [5.74, 6) is 1.86. The molecule has 0 radical (unpaired) electrons. The largest absolute Gasteiger partial charge is 0.340 e. The molecule has 0 spiro atoms. The lowest BCUT2D eigenvalue weighted by atomic mass is 10.2. The summed E-state index contributed by atoms with van der Waals surface area (Å²) in [7, 11) is 0. The molecule has 1 aromatic heterocycles. The van der Waals surface area contributed by atoms with Crippen LogP contribution in [-0.2, 0) is 0 Å². The lowest BCUT2D eigenvalue weighted by Crippen LogP contribution is -2.02. The van der Waals surface area contributed by atoms with E-state index >= 15 is 0 Å². The maximum absolute atomic E-state index is 5.85. The molecule has 0 bridgehead atoms. The molecule has 0 aliphatic carbocycles. The SMILES string of the molecule is CC(C)c1nc(Br)cc(Nc2ccc(Cl)cc2)n1. The van der Waals surface area contributed by atoms with Crippen molar-refractivity contribution >= 4 is 39.0 Å². The first-order valence-electron chi connectivity index (χ1n) is 5.61. The normalized spacial score (nSPS) is 10.7. The van der Waals surface area contributed by atoms with E-state index in [0.29, 0.717) is 5.02 Å². The third-order valence-electron chi connectivity index (χ3n) is 2.35.